The van der Waals surface area contributed by atoms with Gasteiger partial charge in [-0.15, -0.1) is 0 Å². The molecular weight excluding hydrogens is 467 g/mol. The molecule has 3 aromatic rings. The van der Waals surface area contributed by atoms with Gasteiger partial charge in [-0.1, -0.05) is 12.1 Å². The van der Waals surface area contributed by atoms with Gasteiger partial charge in [0.1, 0.15) is 17.5 Å². The van der Waals surface area contributed by atoms with Gasteiger partial charge in [-0.2, -0.15) is 23.5 Å². The number of nitrogens with zero attached hydrogens (tertiary/aromatic N) is 5. The molecule has 3 saturated heterocycles. The highest BCUT2D eigenvalue weighted by Crippen LogP contribution is 2.27. The first-order valence-corrected chi connectivity index (χ1v) is 10.6. The topological polar surface area (TPSA) is 136 Å². The molecule has 1 aromatic carbocycles. The molecular formula is C22H20F3N7O3. The second-order valence-corrected chi connectivity index (χ2v) is 8.02. The van der Waals surface area contributed by atoms with Gasteiger partial charge in [-0.25, -0.2) is 14.3 Å². The number of para-hydroxylation sites is 1. The maximum atomic E-state index is 12.8. The van der Waals surface area contributed by atoms with Gasteiger partial charge in [-0.05, 0) is 31.0 Å². The van der Waals surface area contributed by atoms with Crippen LogP contribution in [0.25, 0.3) is 5.65 Å². The van der Waals surface area contributed by atoms with Crippen LogP contribution in [0.2, 0.25) is 0 Å². The van der Waals surface area contributed by atoms with E-state index in [0.717, 1.165) is 25.3 Å². The van der Waals surface area contributed by atoms with Crippen molar-refractivity contribution < 1.29 is 27.9 Å². The molecule has 10 nitrogen and oxygen atoms in total. The van der Waals surface area contributed by atoms with Crippen LogP contribution in [-0.2, 0) is 4.79 Å². The molecule has 3 N–H and O–H groups in total. The fourth-order valence-electron chi connectivity index (χ4n) is 4.05. The minimum absolute atomic E-state index is 0.329. The lowest BCUT2D eigenvalue weighted by Crippen LogP contribution is -2.61. The molecule has 3 aliphatic rings. The van der Waals surface area contributed by atoms with Crippen LogP contribution < -0.4 is 15.5 Å². The molecule has 0 radical (unpaired) electrons. The zero-order valence-corrected chi connectivity index (χ0v) is 18.2. The Morgan fingerprint density at radius 3 is 2.57 bits per heavy atom. The van der Waals surface area contributed by atoms with E-state index >= 15 is 0 Å². The van der Waals surface area contributed by atoms with Gasteiger partial charge >= 0.3 is 12.1 Å². The number of benzene rings is 1. The van der Waals surface area contributed by atoms with E-state index in [1.54, 1.807) is 28.8 Å². The first kappa shape index (κ1) is 24.0. The van der Waals surface area contributed by atoms with E-state index in [4.69, 9.17) is 14.9 Å². The molecule has 3 fully saturated rings. The van der Waals surface area contributed by atoms with Crippen LogP contribution in [0, 0.1) is 11.3 Å². The summed E-state index contributed by atoms with van der Waals surface area (Å²) >= 11 is 0. The smallest absolute Gasteiger partial charge is 0.475 e. The first-order valence-electron chi connectivity index (χ1n) is 10.6. The summed E-state index contributed by atoms with van der Waals surface area (Å²) in [5.41, 5.74) is 1.79. The Morgan fingerprint density at radius 1 is 1.23 bits per heavy atom. The normalized spacial score (nSPS) is 19.0. The number of carbonyl (C=O) groups excluding carboxylic acids is 1. The van der Waals surface area contributed by atoms with E-state index in [0.29, 0.717) is 34.5 Å². The Morgan fingerprint density at radius 2 is 1.97 bits per heavy atom. The summed E-state index contributed by atoms with van der Waals surface area (Å²) in [6.45, 7) is 1.90. The molecule has 2 unspecified atom stereocenters. The number of hydrogen-bond acceptors (Lipinski definition) is 7. The fraction of sp³-hybridized carbons (Fsp3) is 0.318. The Bertz CT molecular complexity index is 1290. The van der Waals surface area contributed by atoms with E-state index in [9.17, 15) is 23.2 Å². The number of carbonyl (C=O) groups is 2. The van der Waals surface area contributed by atoms with Gasteiger partial charge in [0.25, 0.3) is 5.91 Å². The van der Waals surface area contributed by atoms with Gasteiger partial charge in [0.05, 0.1) is 17.4 Å². The summed E-state index contributed by atoms with van der Waals surface area (Å²) in [5.74, 6) is -2.22. The van der Waals surface area contributed by atoms with Gasteiger partial charge < -0.3 is 20.6 Å². The van der Waals surface area contributed by atoms with E-state index in [2.05, 4.69) is 26.7 Å². The van der Waals surface area contributed by atoms with Gasteiger partial charge in [0.15, 0.2) is 5.65 Å². The van der Waals surface area contributed by atoms with Crippen molar-refractivity contribution in [3.63, 3.8) is 0 Å². The number of carboxylic acids is 1. The molecule has 1 amide bonds. The summed E-state index contributed by atoms with van der Waals surface area (Å²) in [7, 11) is 0. The van der Waals surface area contributed by atoms with Crippen molar-refractivity contribution in [1.82, 2.24) is 19.9 Å². The zero-order valence-electron chi connectivity index (χ0n) is 18.2. The summed E-state index contributed by atoms with van der Waals surface area (Å²) in [5, 5.41) is 27.0. The van der Waals surface area contributed by atoms with Crippen LogP contribution in [0.1, 0.15) is 28.8 Å². The quantitative estimate of drug-likeness (QED) is 0.513. The third-order valence-corrected chi connectivity index (χ3v) is 5.78. The predicted molar refractivity (Wildman–Crippen MR) is 118 cm³/mol. The first-order chi connectivity index (χ1) is 16.7. The molecule has 3 aliphatic heterocycles. The molecule has 182 valence electrons. The summed E-state index contributed by atoms with van der Waals surface area (Å²) in [6.07, 6.45) is 0.623. The molecule has 5 heterocycles. The molecule has 0 saturated carbocycles. The Labute approximate surface area is 197 Å². The minimum Gasteiger partial charge on any atom is -0.475 e. The number of fused-ring (bicyclic) bond motifs is 4. The number of alkyl halides is 3. The third kappa shape index (κ3) is 5.17. The average Bonchev–Trinajstić information content (AvgIpc) is 3.28. The largest absolute Gasteiger partial charge is 0.490 e. The summed E-state index contributed by atoms with van der Waals surface area (Å²) in [4.78, 5) is 28.8. The van der Waals surface area contributed by atoms with Crippen LogP contribution in [0.5, 0.6) is 0 Å². The number of aliphatic carboxylic acids is 1. The van der Waals surface area contributed by atoms with E-state index in [1.807, 2.05) is 12.3 Å². The number of halogens is 3. The van der Waals surface area contributed by atoms with E-state index in [-0.39, 0.29) is 5.91 Å². The zero-order chi connectivity index (χ0) is 25.2. The lowest BCUT2D eigenvalue weighted by Gasteiger charge is -2.46. The molecule has 0 aliphatic carbocycles. The highest BCUT2D eigenvalue weighted by atomic mass is 19.4. The Hall–Kier alpha value is -4.18. The Kier molecular flexibility index (Phi) is 6.57. The lowest BCUT2D eigenvalue weighted by molar-refractivity contribution is -0.192. The number of amides is 1. The number of hydrogen-bond donors (Lipinski definition) is 3. The third-order valence-electron chi connectivity index (χ3n) is 5.78. The lowest BCUT2D eigenvalue weighted by atomic mass is 9.93. The monoisotopic (exact) mass is 487 g/mol. The highest BCUT2D eigenvalue weighted by Gasteiger charge is 2.38. The van der Waals surface area contributed by atoms with Crippen LogP contribution in [-0.4, -0.2) is 62.9 Å². The summed E-state index contributed by atoms with van der Waals surface area (Å²) in [6, 6.07) is 11.9. The number of piperidine rings is 2. The van der Waals surface area contributed by atoms with E-state index in [1.165, 1.54) is 12.6 Å². The number of rotatable bonds is 3. The van der Waals surface area contributed by atoms with Crippen molar-refractivity contribution in [1.29, 1.82) is 5.26 Å². The van der Waals surface area contributed by atoms with Crippen molar-refractivity contribution in [2.45, 2.75) is 31.1 Å². The molecule has 35 heavy (non-hydrogen) atoms. The second kappa shape index (κ2) is 9.59. The number of nitrogens with one attached hydrogen (secondary N) is 2. The van der Waals surface area contributed by atoms with Crippen LogP contribution in [0.3, 0.4) is 0 Å². The SMILES string of the molecule is N#Cc1ccccc1NC(=O)c1cnn2ccc(N3CC4CCC3CN4)nc12.O=C(O)C(F)(F)F. The molecule has 6 rings (SSSR count). The maximum absolute atomic E-state index is 12.8. The molecule has 13 heteroatoms. The summed E-state index contributed by atoms with van der Waals surface area (Å²) < 4.78 is 33.3. The van der Waals surface area contributed by atoms with Crippen molar-refractivity contribution in [3.8, 4) is 6.07 Å². The van der Waals surface area contributed by atoms with Crippen LogP contribution in [0.15, 0.2) is 42.7 Å². The van der Waals surface area contributed by atoms with Gasteiger partial charge in [0.2, 0.25) is 0 Å². The van der Waals surface area contributed by atoms with Gasteiger partial charge in [0, 0.05) is 31.4 Å². The number of carboxylic acid groups (broad SMARTS) is 1. The average molecular weight is 487 g/mol. The molecule has 2 atom stereocenters. The molecule has 2 aromatic heterocycles. The molecule has 0 spiro atoms. The van der Waals surface area contributed by atoms with Crippen molar-refractivity contribution in [3.05, 3.63) is 53.9 Å². The predicted octanol–water partition coefficient (Wildman–Crippen LogP) is 2.43. The van der Waals surface area contributed by atoms with E-state index < -0.39 is 12.1 Å². The number of piperazine rings is 1. The Balaban J connectivity index is 0.000000364. The number of nitriles is 1. The van der Waals surface area contributed by atoms with Crippen molar-refractivity contribution in [2.24, 2.45) is 0 Å². The fourth-order valence-corrected chi connectivity index (χ4v) is 4.05. The molecule has 2 bridgehead atoms. The van der Waals surface area contributed by atoms with Crippen molar-refractivity contribution >= 4 is 29.0 Å². The van der Waals surface area contributed by atoms with Gasteiger partial charge in [-0.3, -0.25) is 4.79 Å². The minimum atomic E-state index is -5.08. The van der Waals surface area contributed by atoms with Crippen LogP contribution in [0.4, 0.5) is 24.7 Å². The number of anilines is 2. The van der Waals surface area contributed by atoms with Crippen molar-refractivity contribution in [2.75, 3.05) is 23.3 Å². The number of aromatic nitrogens is 3. The second-order valence-electron chi connectivity index (χ2n) is 8.02. The maximum Gasteiger partial charge on any atom is 0.490 e. The highest BCUT2D eigenvalue weighted by molar-refractivity contribution is 6.08. The standard InChI is InChI=1S/C20H19N7O.C2HF3O2/c21-9-13-3-1-2-4-17(13)24-20(28)16-11-23-27-8-7-18(25-19(16)27)26-12-14-5-6-15(26)10-22-14;3-2(4,5)1(6)7/h1-4,7-8,11,14-15,22H,5-6,10,12H2,(H,24,28);(H,6,7). The van der Waals surface area contributed by atoms with Crippen LogP contribution >= 0.6 is 0 Å².